The van der Waals surface area contributed by atoms with Gasteiger partial charge in [-0.05, 0) is 49.2 Å². The number of aromatic nitrogens is 1. The molecule has 3 aromatic rings. The number of hydrogen-bond acceptors (Lipinski definition) is 5. The molecular weight excluding hydrogens is 406 g/mol. The van der Waals surface area contributed by atoms with E-state index in [0.29, 0.717) is 29.9 Å². The zero-order valence-corrected chi connectivity index (χ0v) is 17.2. The monoisotopic (exact) mass is 429 g/mol. The van der Waals surface area contributed by atoms with Crippen LogP contribution in [-0.2, 0) is 21.4 Å². The van der Waals surface area contributed by atoms with Crippen LogP contribution in [0.2, 0.25) is 0 Å². The van der Waals surface area contributed by atoms with Gasteiger partial charge in [-0.3, -0.25) is 9.36 Å². The number of nitrogens with zero attached hydrogens (tertiary/aromatic N) is 2. The highest BCUT2D eigenvalue weighted by Crippen LogP contribution is 2.22. The molecular formula is C21H23N3O5S. The molecule has 0 aliphatic carbocycles. The standard InChI is InChI=1S/C21H23N3O5S/c25-20(15-24-18-7-3-4-8-19(18)29-21(24)26)22-16-9-11-17(12-10-16)30(27,28)23-13-5-1-2-6-14-23/h3-4,7-12H,1-2,5-6,13-15H2,(H,22,25). The Morgan fingerprint density at radius 3 is 2.33 bits per heavy atom. The average Bonchev–Trinajstić information content (AvgIpc) is 2.91. The van der Waals surface area contributed by atoms with Crippen molar-refractivity contribution >= 4 is 32.7 Å². The third kappa shape index (κ3) is 4.17. The molecule has 1 aliphatic rings. The molecule has 8 nitrogen and oxygen atoms in total. The van der Waals surface area contributed by atoms with Crippen molar-refractivity contribution in [3.63, 3.8) is 0 Å². The molecule has 0 bridgehead atoms. The van der Waals surface area contributed by atoms with Gasteiger partial charge < -0.3 is 9.73 Å². The molecule has 2 heterocycles. The topological polar surface area (TPSA) is 102 Å². The molecule has 0 atom stereocenters. The van der Waals surface area contributed by atoms with Crippen LogP contribution in [0.25, 0.3) is 11.1 Å². The van der Waals surface area contributed by atoms with Crippen LogP contribution in [0.4, 0.5) is 5.69 Å². The molecule has 0 saturated carbocycles. The fourth-order valence-electron chi connectivity index (χ4n) is 3.65. The van der Waals surface area contributed by atoms with Crippen molar-refractivity contribution in [3.8, 4) is 0 Å². The number of rotatable bonds is 5. The van der Waals surface area contributed by atoms with Crippen LogP contribution in [0.15, 0.2) is 62.6 Å². The Balaban J connectivity index is 1.46. The molecule has 2 aromatic carbocycles. The Hall–Kier alpha value is -2.91. The lowest BCUT2D eigenvalue weighted by Gasteiger charge is -2.20. The van der Waals surface area contributed by atoms with Crippen molar-refractivity contribution in [2.75, 3.05) is 18.4 Å². The summed E-state index contributed by atoms with van der Waals surface area (Å²) in [6, 6.07) is 13.0. The molecule has 1 aromatic heterocycles. The Morgan fingerprint density at radius 2 is 1.63 bits per heavy atom. The number of para-hydroxylation sites is 2. The summed E-state index contributed by atoms with van der Waals surface area (Å²) in [4.78, 5) is 24.6. The number of carbonyl (C=O) groups excluding carboxylic acids is 1. The summed E-state index contributed by atoms with van der Waals surface area (Å²) in [6.07, 6.45) is 3.84. The number of oxazole rings is 1. The second-order valence-corrected chi connectivity index (χ2v) is 9.25. The summed E-state index contributed by atoms with van der Waals surface area (Å²) in [5, 5.41) is 2.69. The van der Waals surface area contributed by atoms with Gasteiger partial charge in [0.05, 0.1) is 10.4 Å². The van der Waals surface area contributed by atoms with E-state index in [-0.39, 0.29) is 11.4 Å². The molecule has 1 fully saturated rings. The van der Waals surface area contributed by atoms with E-state index in [0.717, 1.165) is 25.7 Å². The van der Waals surface area contributed by atoms with Crippen LogP contribution in [0.5, 0.6) is 0 Å². The normalized spacial score (nSPS) is 15.7. The van der Waals surface area contributed by atoms with Crippen molar-refractivity contribution in [2.45, 2.75) is 37.1 Å². The lowest BCUT2D eigenvalue weighted by atomic mass is 10.2. The Kier molecular flexibility index (Phi) is 5.74. The molecule has 9 heteroatoms. The minimum Gasteiger partial charge on any atom is -0.408 e. The van der Waals surface area contributed by atoms with Crippen LogP contribution in [-0.4, -0.2) is 36.3 Å². The minimum atomic E-state index is -3.54. The maximum atomic E-state index is 12.8. The van der Waals surface area contributed by atoms with Gasteiger partial charge in [0.15, 0.2) is 5.58 Å². The lowest BCUT2D eigenvalue weighted by molar-refractivity contribution is -0.116. The summed E-state index contributed by atoms with van der Waals surface area (Å²) in [5.41, 5.74) is 1.41. The fourth-order valence-corrected chi connectivity index (χ4v) is 5.17. The number of fused-ring (bicyclic) bond motifs is 1. The van der Waals surface area contributed by atoms with Gasteiger partial charge in [-0.1, -0.05) is 25.0 Å². The van der Waals surface area contributed by atoms with E-state index in [2.05, 4.69) is 5.32 Å². The lowest BCUT2D eigenvalue weighted by Crippen LogP contribution is -2.31. The van der Waals surface area contributed by atoms with Gasteiger partial charge in [-0.15, -0.1) is 0 Å². The van der Waals surface area contributed by atoms with Crippen LogP contribution >= 0.6 is 0 Å². The molecule has 30 heavy (non-hydrogen) atoms. The van der Waals surface area contributed by atoms with Gasteiger partial charge in [0.2, 0.25) is 15.9 Å². The summed E-state index contributed by atoms with van der Waals surface area (Å²) in [6.45, 7) is 0.867. The molecule has 1 amide bonds. The van der Waals surface area contributed by atoms with Crippen LogP contribution in [0, 0.1) is 0 Å². The highest BCUT2D eigenvalue weighted by atomic mass is 32.2. The van der Waals surface area contributed by atoms with Crippen molar-refractivity contribution in [2.24, 2.45) is 0 Å². The second-order valence-electron chi connectivity index (χ2n) is 7.31. The Bertz CT molecular complexity index is 1200. The third-order valence-electron chi connectivity index (χ3n) is 5.22. The maximum Gasteiger partial charge on any atom is 0.420 e. The summed E-state index contributed by atoms with van der Waals surface area (Å²) in [5.74, 6) is -1.02. The van der Waals surface area contributed by atoms with E-state index in [9.17, 15) is 18.0 Å². The molecule has 0 spiro atoms. The first-order valence-corrected chi connectivity index (χ1v) is 11.4. The average molecular weight is 429 g/mol. The molecule has 0 unspecified atom stereocenters. The van der Waals surface area contributed by atoms with E-state index in [1.165, 1.54) is 21.0 Å². The number of sulfonamides is 1. The minimum absolute atomic E-state index is 0.205. The first-order chi connectivity index (χ1) is 14.4. The molecule has 1 aliphatic heterocycles. The number of benzene rings is 2. The van der Waals surface area contributed by atoms with Crippen molar-refractivity contribution in [1.82, 2.24) is 8.87 Å². The van der Waals surface area contributed by atoms with Gasteiger partial charge in [-0.25, -0.2) is 13.2 Å². The SMILES string of the molecule is O=C(Cn1c(=O)oc2ccccc21)Nc1ccc(S(=O)(=O)N2CCCCCC2)cc1. The van der Waals surface area contributed by atoms with E-state index in [4.69, 9.17) is 4.42 Å². The number of anilines is 1. The predicted molar refractivity (Wildman–Crippen MR) is 113 cm³/mol. The maximum absolute atomic E-state index is 12.8. The number of hydrogen-bond donors (Lipinski definition) is 1. The zero-order valence-electron chi connectivity index (χ0n) is 16.4. The van der Waals surface area contributed by atoms with Crippen LogP contribution in [0.1, 0.15) is 25.7 Å². The molecule has 4 rings (SSSR count). The van der Waals surface area contributed by atoms with Gasteiger partial charge in [0, 0.05) is 18.8 Å². The summed E-state index contributed by atoms with van der Waals surface area (Å²) < 4.78 is 33.6. The zero-order chi connectivity index (χ0) is 21.1. The van der Waals surface area contributed by atoms with Crippen LogP contribution < -0.4 is 11.1 Å². The third-order valence-corrected chi connectivity index (χ3v) is 7.13. The molecule has 158 valence electrons. The number of amides is 1. The van der Waals surface area contributed by atoms with Gasteiger partial charge >= 0.3 is 5.76 Å². The largest absolute Gasteiger partial charge is 0.420 e. The van der Waals surface area contributed by atoms with Crippen molar-refractivity contribution in [1.29, 1.82) is 0 Å². The smallest absolute Gasteiger partial charge is 0.408 e. The van der Waals surface area contributed by atoms with E-state index < -0.39 is 21.7 Å². The van der Waals surface area contributed by atoms with Gasteiger partial charge in [-0.2, -0.15) is 4.31 Å². The van der Waals surface area contributed by atoms with Crippen molar-refractivity contribution < 1.29 is 17.6 Å². The molecule has 1 N–H and O–H groups in total. The van der Waals surface area contributed by atoms with E-state index >= 15 is 0 Å². The summed E-state index contributed by atoms with van der Waals surface area (Å²) in [7, 11) is -3.54. The highest BCUT2D eigenvalue weighted by molar-refractivity contribution is 7.89. The molecule has 1 saturated heterocycles. The Morgan fingerprint density at radius 1 is 0.967 bits per heavy atom. The predicted octanol–water partition coefficient (Wildman–Crippen LogP) is 2.80. The van der Waals surface area contributed by atoms with Crippen molar-refractivity contribution in [3.05, 3.63) is 59.1 Å². The first-order valence-electron chi connectivity index (χ1n) is 9.93. The Labute approximate surface area is 174 Å². The molecule has 0 radical (unpaired) electrons. The van der Waals surface area contributed by atoms with Gasteiger partial charge in [0.1, 0.15) is 6.54 Å². The number of carbonyl (C=O) groups is 1. The fraction of sp³-hybridized carbons (Fsp3) is 0.333. The van der Waals surface area contributed by atoms with Gasteiger partial charge in [0.25, 0.3) is 0 Å². The quantitative estimate of drug-likeness (QED) is 0.672. The second kappa shape index (κ2) is 8.45. The summed E-state index contributed by atoms with van der Waals surface area (Å²) >= 11 is 0. The van der Waals surface area contributed by atoms with E-state index in [1.54, 1.807) is 36.4 Å². The van der Waals surface area contributed by atoms with Crippen LogP contribution in [0.3, 0.4) is 0 Å². The number of nitrogens with one attached hydrogen (secondary N) is 1. The van der Waals surface area contributed by atoms with E-state index in [1.807, 2.05) is 0 Å². The highest BCUT2D eigenvalue weighted by Gasteiger charge is 2.25. The first kappa shape index (κ1) is 20.4.